The molecule has 1 atom stereocenters. The summed E-state index contributed by atoms with van der Waals surface area (Å²) in [5.41, 5.74) is 0. The van der Waals surface area contributed by atoms with Crippen LogP contribution in [-0.4, -0.2) is 39.0 Å². The van der Waals surface area contributed by atoms with Gasteiger partial charge in [-0.1, -0.05) is 33.1 Å². The molecule has 0 aromatic carbocycles. The van der Waals surface area contributed by atoms with Gasteiger partial charge in [0.2, 0.25) is 0 Å². The maximum Gasteiger partial charge on any atom is 0.0701 e. The van der Waals surface area contributed by atoms with Gasteiger partial charge in [0.25, 0.3) is 0 Å². The maximum absolute atomic E-state index is 5.80. The second-order valence-electron chi connectivity index (χ2n) is 5.65. The van der Waals surface area contributed by atoms with Crippen LogP contribution in [0.15, 0.2) is 0 Å². The molecular formula is C16H33NO2. The van der Waals surface area contributed by atoms with Crippen LogP contribution in [0.1, 0.15) is 58.8 Å². The number of nitrogens with one attached hydrogen (secondary N) is 1. The predicted octanol–water partition coefficient (Wildman–Crippen LogP) is 3.38. The first-order valence-corrected chi connectivity index (χ1v) is 8.27. The largest absolute Gasteiger partial charge is 0.379 e. The Kier molecular flexibility index (Phi) is 10.4. The van der Waals surface area contributed by atoms with E-state index in [2.05, 4.69) is 19.2 Å². The molecular weight excluding hydrogens is 238 g/mol. The number of unbranched alkanes of at least 4 members (excludes halogenated alkanes) is 1. The molecule has 1 aliphatic carbocycles. The SMILES string of the molecule is CCCCOCCOCC(NCCC)C1CCCC1. The highest BCUT2D eigenvalue weighted by Gasteiger charge is 2.24. The smallest absolute Gasteiger partial charge is 0.0701 e. The number of ether oxygens (including phenoxy) is 2. The quantitative estimate of drug-likeness (QED) is 0.552. The zero-order valence-electron chi connectivity index (χ0n) is 13.0. The molecule has 3 heteroatoms. The molecule has 1 aliphatic rings. The lowest BCUT2D eigenvalue weighted by Gasteiger charge is -2.24. The van der Waals surface area contributed by atoms with E-state index in [1.54, 1.807) is 0 Å². The van der Waals surface area contributed by atoms with Gasteiger partial charge in [0, 0.05) is 12.6 Å². The summed E-state index contributed by atoms with van der Waals surface area (Å²) in [6.07, 6.45) is 9.09. The summed E-state index contributed by atoms with van der Waals surface area (Å²) in [7, 11) is 0. The Bertz CT molecular complexity index is 193. The Morgan fingerprint density at radius 2 is 1.74 bits per heavy atom. The van der Waals surface area contributed by atoms with E-state index in [1.165, 1.54) is 38.5 Å². The zero-order valence-corrected chi connectivity index (χ0v) is 13.0. The third-order valence-corrected chi connectivity index (χ3v) is 3.94. The van der Waals surface area contributed by atoms with Crippen molar-refractivity contribution in [1.29, 1.82) is 0 Å². The van der Waals surface area contributed by atoms with E-state index in [-0.39, 0.29) is 0 Å². The molecule has 0 spiro atoms. The number of hydrogen-bond acceptors (Lipinski definition) is 3. The highest BCUT2D eigenvalue weighted by atomic mass is 16.5. The number of hydrogen-bond donors (Lipinski definition) is 1. The molecule has 1 fully saturated rings. The van der Waals surface area contributed by atoms with Gasteiger partial charge in [-0.3, -0.25) is 0 Å². The summed E-state index contributed by atoms with van der Waals surface area (Å²) < 4.78 is 11.3. The van der Waals surface area contributed by atoms with E-state index in [1.807, 2.05) is 0 Å². The normalized spacial score (nSPS) is 18.0. The minimum Gasteiger partial charge on any atom is -0.379 e. The van der Waals surface area contributed by atoms with Crippen LogP contribution in [0.25, 0.3) is 0 Å². The van der Waals surface area contributed by atoms with Gasteiger partial charge in [-0.25, -0.2) is 0 Å². The van der Waals surface area contributed by atoms with Gasteiger partial charge in [-0.2, -0.15) is 0 Å². The molecule has 0 aromatic heterocycles. The highest BCUT2D eigenvalue weighted by Crippen LogP contribution is 2.27. The summed E-state index contributed by atoms with van der Waals surface area (Å²) >= 11 is 0. The maximum atomic E-state index is 5.80. The Balaban J connectivity index is 2.06. The van der Waals surface area contributed by atoms with Crippen molar-refractivity contribution in [2.75, 3.05) is 33.0 Å². The molecule has 3 nitrogen and oxygen atoms in total. The van der Waals surface area contributed by atoms with Crippen molar-refractivity contribution in [1.82, 2.24) is 5.32 Å². The van der Waals surface area contributed by atoms with Gasteiger partial charge < -0.3 is 14.8 Å². The fourth-order valence-corrected chi connectivity index (χ4v) is 2.73. The second-order valence-corrected chi connectivity index (χ2v) is 5.65. The van der Waals surface area contributed by atoms with Crippen LogP contribution >= 0.6 is 0 Å². The summed E-state index contributed by atoms with van der Waals surface area (Å²) in [4.78, 5) is 0. The van der Waals surface area contributed by atoms with E-state index in [4.69, 9.17) is 9.47 Å². The molecule has 0 heterocycles. The average molecular weight is 271 g/mol. The first-order chi connectivity index (χ1) is 9.38. The Hall–Kier alpha value is -0.120. The molecule has 1 unspecified atom stereocenters. The standard InChI is InChI=1S/C16H33NO2/c1-3-5-11-18-12-13-19-14-16(17-10-4-2)15-8-6-7-9-15/h15-17H,3-14H2,1-2H3. The summed E-state index contributed by atoms with van der Waals surface area (Å²) in [6, 6.07) is 0.554. The van der Waals surface area contributed by atoms with E-state index < -0.39 is 0 Å². The van der Waals surface area contributed by atoms with Crippen molar-refractivity contribution in [3.63, 3.8) is 0 Å². The molecule has 1 saturated carbocycles. The monoisotopic (exact) mass is 271 g/mol. The van der Waals surface area contributed by atoms with Crippen LogP contribution in [-0.2, 0) is 9.47 Å². The third kappa shape index (κ3) is 7.91. The Morgan fingerprint density at radius 1 is 1.00 bits per heavy atom. The second kappa shape index (κ2) is 11.7. The van der Waals surface area contributed by atoms with Crippen LogP contribution in [0, 0.1) is 5.92 Å². The predicted molar refractivity (Wildman–Crippen MR) is 80.6 cm³/mol. The molecule has 1 N–H and O–H groups in total. The van der Waals surface area contributed by atoms with Gasteiger partial charge in [0.05, 0.1) is 19.8 Å². The van der Waals surface area contributed by atoms with Gasteiger partial charge >= 0.3 is 0 Å². The fourth-order valence-electron chi connectivity index (χ4n) is 2.73. The molecule has 0 aliphatic heterocycles. The summed E-state index contributed by atoms with van der Waals surface area (Å²) in [6.45, 7) is 8.72. The van der Waals surface area contributed by atoms with Crippen LogP contribution in [0.2, 0.25) is 0 Å². The van der Waals surface area contributed by atoms with E-state index in [0.29, 0.717) is 6.04 Å². The topological polar surface area (TPSA) is 30.5 Å². The van der Waals surface area contributed by atoms with E-state index >= 15 is 0 Å². The van der Waals surface area contributed by atoms with Crippen molar-refractivity contribution in [2.45, 2.75) is 64.8 Å². The van der Waals surface area contributed by atoms with Gasteiger partial charge in [0.15, 0.2) is 0 Å². The van der Waals surface area contributed by atoms with Gasteiger partial charge in [-0.15, -0.1) is 0 Å². The molecule has 0 aromatic rings. The van der Waals surface area contributed by atoms with Crippen molar-refractivity contribution in [3.05, 3.63) is 0 Å². The fraction of sp³-hybridized carbons (Fsp3) is 1.00. The lowest BCUT2D eigenvalue weighted by molar-refractivity contribution is 0.0316. The average Bonchev–Trinajstić information content (AvgIpc) is 2.95. The van der Waals surface area contributed by atoms with Crippen LogP contribution in [0.3, 0.4) is 0 Å². The molecule has 1 rings (SSSR count). The first kappa shape index (κ1) is 16.9. The highest BCUT2D eigenvalue weighted by molar-refractivity contribution is 4.80. The Morgan fingerprint density at radius 3 is 2.42 bits per heavy atom. The van der Waals surface area contributed by atoms with E-state index in [9.17, 15) is 0 Å². The minimum absolute atomic E-state index is 0.554. The third-order valence-electron chi connectivity index (χ3n) is 3.94. The Labute approximate surface area is 119 Å². The molecule has 0 amide bonds. The van der Waals surface area contributed by atoms with Crippen LogP contribution in [0.5, 0.6) is 0 Å². The molecule has 114 valence electrons. The molecule has 19 heavy (non-hydrogen) atoms. The van der Waals surface area contributed by atoms with Crippen molar-refractivity contribution in [2.24, 2.45) is 5.92 Å². The van der Waals surface area contributed by atoms with E-state index in [0.717, 1.165) is 45.3 Å². The lowest BCUT2D eigenvalue weighted by atomic mass is 9.99. The van der Waals surface area contributed by atoms with Crippen molar-refractivity contribution in [3.8, 4) is 0 Å². The van der Waals surface area contributed by atoms with Crippen LogP contribution < -0.4 is 5.32 Å². The summed E-state index contributed by atoms with van der Waals surface area (Å²) in [5, 5.41) is 3.66. The van der Waals surface area contributed by atoms with Gasteiger partial charge in [0.1, 0.15) is 0 Å². The lowest BCUT2D eigenvalue weighted by Crippen LogP contribution is -2.39. The zero-order chi connectivity index (χ0) is 13.8. The molecule has 0 saturated heterocycles. The molecule has 0 radical (unpaired) electrons. The van der Waals surface area contributed by atoms with Gasteiger partial charge in [-0.05, 0) is 38.1 Å². The first-order valence-electron chi connectivity index (χ1n) is 8.27. The van der Waals surface area contributed by atoms with Crippen molar-refractivity contribution < 1.29 is 9.47 Å². The minimum atomic E-state index is 0.554. The number of rotatable bonds is 12. The van der Waals surface area contributed by atoms with Crippen molar-refractivity contribution >= 4 is 0 Å². The summed E-state index contributed by atoms with van der Waals surface area (Å²) in [5.74, 6) is 0.826. The van der Waals surface area contributed by atoms with Crippen LogP contribution in [0.4, 0.5) is 0 Å². The molecule has 0 bridgehead atoms.